The van der Waals surface area contributed by atoms with Crippen LogP contribution in [0.4, 0.5) is 0 Å². The summed E-state index contributed by atoms with van der Waals surface area (Å²) in [6, 6.07) is 0. The Morgan fingerprint density at radius 1 is 1.50 bits per heavy atom. The maximum atomic E-state index is 10.3. The summed E-state index contributed by atoms with van der Waals surface area (Å²) in [4.78, 5) is 10.3. The highest BCUT2D eigenvalue weighted by molar-refractivity contribution is 6.00. The summed E-state index contributed by atoms with van der Waals surface area (Å²) in [6.45, 7) is 0. The molecule has 1 rings (SSSR count). The minimum atomic E-state index is -0.136. The lowest BCUT2D eigenvalue weighted by atomic mass is 10.2. The highest BCUT2D eigenvalue weighted by Crippen LogP contribution is 1.94. The number of ketones is 1. The maximum absolute atomic E-state index is 10.3. The van der Waals surface area contributed by atoms with E-state index in [4.69, 9.17) is 5.11 Å². The number of hydrogen-bond donors (Lipinski definition) is 1. The molecule has 0 atom stereocenters. The Kier molecular flexibility index (Phi) is 1.03. The standard InChI is InChI=1S/C6H4O2/c7-5-1-2-6(8)4-3-5/h1-3,8H. The largest absolute Gasteiger partial charge is 0.501 e. The highest BCUT2D eigenvalue weighted by Gasteiger charge is 1.93. The number of rotatable bonds is 0. The molecule has 0 radical (unpaired) electrons. The predicted molar refractivity (Wildman–Crippen MR) is 28.4 cm³/mol. The fourth-order valence-electron chi connectivity index (χ4n) is 0.402. The molecule has 0 aromatic heterocycles. The van der Waals surface area contributed by atoms with Crippen LogP contribution in [0, 0.1) is 0 Å². The first kappa shape index (κ1) is 4.88. The molecule has 0 unspecified atom stereocenters. The minimum absolute atomic E-state index is 0.00426. The third kappa shape index (κ3) is 0.863. The average Bonchev–Trinajstić information content (AvgIpc) is 1.77. The first-order chi connectivity index (χ1) is 3.79. The van der Waals surface area contributed by atoms with Gasteiger partial charge in [0.15, 0.2) is 11.5 Å². The van der Waals surface area contributed by atoms with Crippen molar-refractivity contribution in [3.8, 4) is 0 Å². The summed E-state index contributed by atoms with van der Waals surface area (Å²) in [5, 5.41) is 8.56. The van der Waals surface area contributed by atoms with E-state index in [0.717, 1.165) is 0 Å². The van der Waals surface area contributed by atoms with Gasteiger partial charge in [-0.2, -0.15) is 0 Å². The molecule has 0 aromatic rings. The number of aliphatic hydroxyl groups is 1. The van der Waals surface area contributed by atoms with Gasteiger partial charge in [-0.25, -0.2) is 0 Å². The molecule has 0 saturated heterocycles. The molecular weight excluding hydrogens is 104 g/mol. The van der Waals surface area contributed by atoms with Crippen molar-refractivity contribution in [3.05, 3.63) is 29.7 Å². The number of aliphatic hydroxyl groups excluding tert-OH is 1. The van der Waals surface area contributed by atoms with E-state index >= 15 is 0 Å². The topological polar surface area (TPSA) is 37.3 Å². The van der Waals surface area contributed by atoms with Crippen molar-refractivity contribution in [2.75, 3.05) is 0 Å². The Balaban J connectivity index is 3.03. The van der Waals surface area contributed by atoms with E-state index in [1.807, 2.05) is 0 Å². The van der Waals surface area contributed by atoms with E-state index in [9.17, 15) is 4.79 Å². The molecule has 0 aliphatic heterocycles. The summed E-state index contributed by atoms with van der Waals surface area (Å²) < 4.78 is 0. The zero-order chi connectivity index (χ0) is 5.98. The Bertz CT molecular complexity index is 205. The zero-order valence-corrected chi connectivity index (χ0v) is 4.09. The van der Waals surface area contributed by atoms with Gasteiger partial charge in [0.25, 0.3) is 0 Å². The summed E-state index contributed by atoms with van der Waals surface area (Å²) in [6.07, 6.45) is 3.78. The molecule has 0 amide bonds. The molecule has 8 heavy (non-hydrogen) atoms. The molecule has 0 fully saturated rings. The van der Waals surface area contributed by atoms with Crippen LogP contribution in [0.5, 0.6) is 0 Å². The van der Waals surface area contributed by atoms with E-state index in [1.165, 1.54) is 18.2 Å². The van der Waals surface area contributed by atoms with Crippen molar-refractivity contribution < 1.29 is 9.90 Å². The number of hydrogen-bond acceptors (Lipinski definition) is 2. The minimum Gasteiger partial charge on any atom is -0.501 e. The Morgan fingerprint density at radius 2 is 2.25 bits per heavy atom. The van der Waals surface area contributed by atoms with Crippen molar-refractivity contribution in [3.63, 3.8) is 0 Å². The first-order valence-corrected chi connectivity index (χ1v) is 2.17. The quantitative estimate of drug-likeness (QED) is 0.464. The highest BCUT2D eigenvalue weighted by atomic mass is 16.3. The van der Waals surface area contributed by atoms with E-state index in [2.05, 4.69) is 5.73 Å². The lowest BCUT2D eigenvalue weighted by Crippen LogP contribution is -1.88. The van der Waals surface area contributed by atoms with E-state index in [-0.39, 0.29) is 11.5 Å². The second-order valence-corrected chi connectivity index (χ2v) is 1.41. The van der Waals surface area contributed by atoms with Crippen molar-refractivity contribution in [2.45, 2.75) is 0 Å². The van der Waals surface area contributed by atoms with Gasteiger partial charge in [-0.1, -0.05) is 5.73 Å². The Labute approximate surface area is 46.4 Å². The van der Waals surface area contributed by atoms with Gasteiger partial charge < -0.3 is 5.11 Å². The van der Waals surface area contributed by atoms with Gasteiger partial charge in [-0.05, 0) is 12.2 Å². The van der Waals surface area contributed by atoms with Crippen molar-refractivity contribution in [1.29, 1.82) is 0 Å². The molecule has 0 bridgehead atoms. The average molecular weight is 108 g/mol. The fraction of sp³-hybridized carbons (Fsp3) is 0. The van der Waals surface area contributed by atoms with Crippen LogP contribution in [-0.4, -0.2) is 10.9 Å². The molecule has 1 N–H and O–H groups in total. The van der Waals surface area contributed by atoms with Gasteiger partial charge in [-0.3, -0.25) is 4.79 Å². The molecular formula is C6H4O2. The van der Waals surface area contributed by atoms with Gasteiger partial charge >= 0.3 is 0 Å². The smallest absolute Gasteiger partial charge is 0.186 e. The summed E-state index contributed by atoms with van der Waals surface area (Å²) in [7, 11) is 0. The maximum Gasteiger partial charge on any atom is 0.186 e. The Hall–Kier alpha value is -1.27. The SMILES string of the molecule is O=C1C=C=C(O)C=C1. The lowest BCUT2D eigenvalue weighted by molar-refractivity contribution is -0.110. The molecule has 2 nitrogen and oxygen atoms in total. The van der Waals surface area contributed by atoms with E-state index < -0.39 is 0 Å². The van der Waals surface area contributed by atoms with Gasteiger partial charge in [0, 0.05) is 6.08 Å². The predicted octanol–water partition coefficient (Wildman–Crippen LogP) is 0.722. The second-order valence-electron chi connectivity index (χ2n) is 1.41. The van der Waals surface area contributed by atoms with Crippen LogP contribution >= 0.6 is 0 Å². The van der Waals surface area contributed by atoms with Crippen LogP contribution in [0.25, 0.3) is 0 Å². The van der Waals surface area contributed by atoms with Crippen LogP contribution in [0.15, 0.2) is 29.7 Å². The second kappa shape index (κ2) is 1.68. The van der Waals surface area contributed by atoms with Crippen LogP contribution in [-0.2, 0) is 4.79 Å². The fourth-order valence-corrected chi connectivity index (χ4v) is 0.402. The van der Waals surface area contributed by atoms with Crippen molar-refractivity contribution in [2.24, 2.45) is 0 Å². The number of allylic oxidation sites excluding steroid dienone is 2. The van der Waals surface area contributed by atoms with Gasteiger partial charge in [0.2, 0.25) is 0 Å². The van der Waals surface area contributed by atoms with Crippen molar-refractivity contribution >= 4 is 5.78 Å². The monoisotopic (exact) mass is 108 g/mol. The van der Waals surface area contributed by atoms with Crippen LogP contribution in [0.3, 0.4) is 0 Å². The molecule has 0 aromatic carbocycles. The molecule has 1 aliphatic carbocycles. The third-order valence-corrected chi connectivity index (χ3v) is 0.768. The van der Waals surface area contributed by atoms with Crippen LogP contribution in [0.1, 0.15) is 0 Å². The molecule has 0 heterocycles. The molecule has 1 aliphatic rings. The normalized spacial score (nSPS) is 16.5. The molecule has 0 saturated carbocycles. The molecule has 0 spiro atoms. The Morgan fingerprint density at radius 3 is 2.62 bits per heavy atom. The third-order valence-electron chi connectivity index (χ3n) is 0.768. The number of carbonyl (C=O) groups excluding carboxylic acids is 1. The van der Waals surface area contributed by atoms with E-state index in [0.29, 0.717) is 0 Å². The first-order valence-electron chi connectivity index (χ1n) is 2.17. The molecule has 40 valence electrons. The van der Waals surface area contributed by atoms with E-state index in [1.54, 1.807) is 0 Å². The molecule has 2 heteroatoms. The zero-order valence-electron chi connectivity index (χ0n) is 4.09. The van der Waals surface area contributed by atoms with Gasteiger partial charge in [0.1, 0.15) is 0 Å². The lowest BCUT2D eigenvalue weighted by Gasteiger charge is -1.87. The number of carbonyl (C=O) groups is 1. The summed E-state index contributed by atoms with van der Waals surface area (Å²) in [5.74, 6) is -0.132. The van der Waals surface area contributed by atoms with Gasteiger partial charge in [0.05, 0.1) is 0 Å². The van der Waals surface area contributed by atoms with Gasteiger partial charge in [-0.15, -0.1) is 0 Å². The summed E-state index contributed by atoms with van der Waals surface area (Å²) >= 11 is 0. The summed E-state index contributed by atoms with van der Waals surface area (Å²) in [5.41, 5.74) is 2.34. The van der Waals surface area contributed by atoms with Crippen molar-refractivity contribution in [1.82, 2.24) is 0 Å². The van der Waals surface area contributed by atoms with Crippen LogP contribution < -0.4 is 0 Å². The van der Waals surface area contributed by atoms with Crippen LogP contribution in [0.2, 0.25) is 0 Å².